The van der Waals surface area contributed by atoms with Gasteiger partial charge in [-0.3, -0.25) is 0 Å². The Morgan fingerprint density at radius 1 is 0.652 bits per heavy atom. The zero-order valence-electron chi connectivity index (χ0n) is 15.3. The molecule has 0 unspecified atom stereocenters. The number of nitrogens with one attached hydrogen (secondary N) is 1. The van der Waals surface area contributed by atoms with Crippen LogP contribution in [0.3, 0.4) is 0 Å². The van der Waals surface area contributed by atoms with Gasteiger partial charge in [-0.1, -0.05) is 13.8 Å². The summed E-state index contributed by atoms with van der Waals surface area (Å²) in [6.07, 6.45) is 2.35. The van der Waals surface area contributed by atoms with E-state index in [1.807, 2.05) is 7.05 Å². The molecule has 0 aliphatic rings. The van der Waals surface area contributed by atoms with Crippen LogP contribution in [0.4, 0.5) is 0 Å². The Morgan fingerprint density at radius 2 is 1.04 bits per heavy atom. The van der Waals surface area contributed by atoms with Crippen LogP contribution in [0.1, 0.15) is 28.1 Å². The van der Waals surface area contributed by atoms with Crippen molar-refractivity contribution in [2.45, 2.75) is 26.7 Å². The lowest BCUT2D eigenvalue weighted by molar-refractivity contribution is -0.0110. The molecule has 0 aromatic heterocycles. The van der Waals surface area contributed by atoms with Crippen LogP contribution in [0.5, 0.6) is 0 Å². The second kappa shape index (κ2) is 19.8. The molecule has 0 rings (SSSR count). The topological polar surface area (TPSA) is 58.2 Å². The first kappa shape index (κ1) is 22.8. The molecule has 1 N–H and O–H groups in total. The van der Waals surface area contributed by atoms with Crippen LogP contribution in [0.25, 0.3) is 0 Å². The van der Waals surface area contributed by atoms with Crippen molar-refractivity contribution in [3.05, 3.63) is 0 Å². The van der Waals surface area contributed by atoms with Gasteiger partial charge in [0.2, 0.25) is 0 Å². The van der Waals surface area contributed by atoms with Gasteiger partial charge in [-0.05, 0) is 25.8 Å². The Morgan fingerprint density at radius 3 is 1.43 bits per heavy atom. The van der Waals surface area contributed by atoms with Crippen molar-refractivity contribution >= 4 is 0 Å². The van der Waals surface area contributed by atoms with Gasteiger partial charge in [-0.15, -0.1) is 0 Å². The van der Waals surface area contributed by atoms with E-state index in [2.05, 4.69) is 19.2 Å². The Kier molecular flexibility index (Phi) is 19.6. The molecule has 0 aromatic rings. The van der Waals surface area contributed by atoms with E-state index in [-0.39, 0.29) is 1.43 Å². The molecule has 142 valence electrons. The van der Waals surface area contributed by atoms with Gasteiger partial charge in [0.25, 0.3) is 0 Å². The van der Waals surface area contributed by atoms with Crippen molar-refractivity contribution in [3.63, 3.8) is 0 Å². The summed E-state index contributed by atoms with van der Waals surface area (Å²) < 4.78 is 27.0. The number of hydrogen-bond acceptors (Lipinski definition) is 6. The molecule has 0 saturated heterocycles. The Labute approximate surface area is 143 Å². The average Bonchev–Trinajstić information content (AvgIpc) is 2.53. The van der Waals surface area contributed by atoms with E-state index < -0.39 is 0 Å². The summed E-state index contributed by atoms with van der Waals surface area (Å²) >= 11 is 0. The fourth-order valence-corrected chi connectivity index (χ4v) is 1.75. The Balaban J connectivity index is 0. The molecule has 0 fully saturated rings. The predicted molar refractivity (Wildman–Crippen MR) is 94.2 cm³/mol. The molecule has 0 radical (unpaired) electrons. The zero-order chi connectivity index (χ0) is 17.0. The van der Waals surface area contributed by atoms with Gasteiger partial charge in [-0.25, -0.2) is 0 Å². The van der Waals surface area contributed by atoms with Gasteiger partial charge >= 0.3 is 0 Å². The van der Waals surface area contributed by atoms with E-state index in [1.54, 1.807) is 0 Å². The van der Waals surface area contributed by atoms with Gasteiger partial charge in [0.1, 0.15) is 0 Å². The summed E-state index contributed by atoms with van der Waals surface area (Å²) in [5.41, 5.74) is 0. The lowest BCUT2D eigenvalue weighted by Crippen LogP contribution is -2.17. The van der Waals surface area contributed by atoms with Gasteiger partial charge in [0, 0.05) is 14.6 Å². The zero-order valence-corrected chi connectivity index (χ0v) is 15.3. The van der Waals surface area contributed by atoms with E-state index in [0.717, 1.165) is 32.1 Å². The lowest BCUT2D eigenvalue weighted by Gasteiger charge is -2.08. The van der Waals surface area contributed by atoms with E-state index in [0.29, 0.717) is 52.9 Å². The fourth-order valence-electron chi connectivity index (χ4n) is 1.75. The first-order valence-electron chi connectivity index (χ1n) is 8.80. The maximum Gasteiger partial charge on any atom is 0.0701 e. The maximum atomic E-state index is 5.49. The third kappa shape index (κ3) is 21.8. The van der Waals surface area contributed by atoms with Gasteiger partial charge in [0.05, 0.1) is 59.5 Å². The van der Waals surface area contributed by atoms with E-state index in [9.17, 15) is 0 Å². The highest BCUT2D eigenvalue weighted by Gasteiger charge is 1.95. The smallest absolute Gasteiger partial charge is 0.0701 e. The summed E-state index contributed by atoms with van der Waals surface area (Å²) in [6, 6.07) is 0. The molecule has 0 amide bonds. The molecule has 23 heavy (non-hydrogen) atoms. The highest BCUT2D eigenvalue weighted by atomic mass is 16.6. The minimum absolute atomic E-state index is 0. The molecule has 0 saturated carbocycles. The van der Waals surface area contributed by atoms with E-state index in [4.69, 9.17) is 23.7 Å². The van der Waals surface area contributed by atoms with Crippen LogP contribution in [0.15, 0.2) is 0 Å². The molecule has 6 heteroatoms. The van der Waals surface area contributed by atoms with Crippen LogP contribution in [0.2, 0.25) is 0 Å². The van der Waals surface area contributed by atoms with Crippen molar-refractivity contribution in [2.75, 3.05) is 79.7 Å². The summed E-state index contributed by atoms with van der Waals surface area (Å²) in [7, 11) is 1.90. The largest absolute Gasteiger partial charge is 0.379 e. The fraction of sp³-hybridized carbons (Fsp3) is 1.00. The summed E-state index contributed by atoms with van der Waals surface area (Å²) in [4.78, 5) is 0. The van der Waals surface area contributed by atoms with Crippen molar-refractivity contribution in [3.8, 4) is 0 Å². The quantitative estimate of drug-likeness (QED) is 0.364. The van der Waals surface area contributed by atoms with Crippen molar-refractivity contribution in [1.82, 2.24) is 5.32 Å². The summed E-state index contributed by atoms with van der Waals surface area (Å²) in [5, 5.41) is 3.02. The Bertz CT molecular complexity index is 223. The van der Waals surface area contributed by atoms with Gasteiger partial charge < -0.3 is 29.0 Å². The van der Waals surface area contributed by atoms with Crippen LogP contribution < -0.4 is 5.32 Å². The SMILES string of the molecule is CNCCOCCOCCOCCOCCOCCCC(C)C.[HH]. The number of rotatable bonds is 19. The van der Waals surface area contributed by atoms with Crippen LogP contribution >= 0.6 is 0 Å². The first-order chi connectivity index (χ1) is 11.3. The summed E-state index contributed by atoms with van der Waals surface area (Å²) in [6.45, 7) is 11.8. The maximum absolute atomic E-state index is 5.49. The molecule has 0 atom stereocenters. The second-order valence-corrected chi connectivity index (χ2v) is 5.70. The second-order valence-electron chi connectivity index (χ2n) is 5.70. The molecule has 0 heterocycles. The average molecular weight is 338 g/mol. The molecule has 0 bridgehead atoms. The third-order valence-corrected chi connectivity index (χ3v) is 3.05. The third-order valence-electron chi connectivity index (χ3n) is 3.05. The van der Waals surface area contributed by atoms with Gasteiger partial charge in [0.15, 0.2) is 0 Å². The van der Waals surface area contributed by atoms with Crippen LogP contribution in [0, 0.1) is 5.92 Å². The molecule has 0 aliphatic heterocycles. The first-order valence-corrected chi connectivity index (χ1v) is 8.80. The molecule has 0 aromatic carbocycles. The van der Waals surface area contributed by atoms with E-state index >= 15 is 0 Å². The lowest BCUT2D eigenvalue weighted by atomic mass is 10.1. The normalized spacial score (nSPS) is 11.5. The van der Waals surface area contributed by atoms with Gasteiger partial charge in [-0.2, -0.15) is 0 Å². The van der Waals surface area contributed by atoms with E-state index in [1.165, 1.54) is 6.42 Å². The number of ether oxygens (including phenoxy) is 5. The molecular formula is C17H39NO5. The minimum Gasteiger partial charge on any atom is -0.379 e. The number of likely N-dealkylation sites (N-methyl/N-ethyl adjacent to an activating group) is 1. The highest BCUT2D eigenvalue weighted by molar-refractivity contribution is 4.44. The van der Waals surface area contributed by atoms with Crippen molar-refractivity contribution in [1.29, 1.82) is 0 Å². The summed E-state index contributed by atoms with van der Waals surface area (Å²) in [5.74, 6) is 0.752. The van der Waals surface area contributed by atoms with Crippen molar-refractivity contribution < 1.29 is 25.1 Å². The predicted octanol–water partition coefficient (Wildman–Crippen LogP) is 1.97. The number of hydrogen-bond donors (Lipinski definition) is 1. The monoisotopic (exact) mass is 337 g/mol. The molecule has 6 nitrogen and oxygen atoms in total. The Hall–Kier alpha value is -0.240. The molecule has 0 aliphatic carbocycles. The highest BCUT2D eigenvalue weighted by Crippen LogP contribution is 2.02. The molecular weight excluding hydrogens is 298 g/mol. The molecule has 0 spiro atoms. The van der Waals surface area contributed by atoms with Crippen LogP contribution in [-0.4, -0.2) is 79.7 Å². The van der Waals surface area contributed by atoms with Crippen LogP contribution in [-0.2, 0) is 23.7 Å². The minimum atomic E-state index is 0. The standard InChI is InChI=1S/C17H37NO5.H2/c1-17(2)5-4-7-19-9-11-21-13-15-23-16-14-22-12-10-20-8-6-18-3;/h17-18H,4-16H2,1-3H3;1H. The van der Waals surface area contributed by atoms with Crippen molar-refractivity contribution in [2.24, 2.45) is 5.92 Å².